The Morgan fingerprint density at radius 1 is 0.758 bits per heavy atom. The van der Waals surface area contributed by atoms with Gasteiger partial charge in [0.15, 0.2) is 0 Å². The Balaban J connectivity index is -0.000000507. The molecule has 0 fully saturated rings. The second-order valence-corrected chi connectivity index (χ2v) is 9.56. The van der Waals surface area contributed by atoms with Crippen molar-refractivity contribution < 1.29 is 28.6 Å². The van der Waals surface area contributed by atoms with Crippen LogP contribution in [0.25, 0.3) is 0 Å². The first-order valence-corrected chi connectivity index (χ1v) is 10.6. The largest absolute Gasteiger partial charge is 0.444 e. The zero-order valence-corrected chi connectivity index (χ0v) is 21.9. The first-order valence-electron chi connectivity index (χ1n) is 10.6. The maximum absolute atomic E-state index is 11.8. The molecule has 0 aliphatic heterocycles. The van der Waals surface area contributed by atoms with Crippen LogP contribution in [0.5, 0.6) is 0 Å². The van der Waals surface area contributed by atoms with Crippen molar-refractivity contribution in [2.45, 2.75) is 79.1 Å². The van der Waals surface area contributed by atoms with Crippen LogP contribution in [0.2, 0.25) is 0 Å². The highest BCUT2D eigenvalue weighted by molar-refractivity contribution is 5.88. The Morgan fingerprint density at radius 3 is 1.36 bits per heavy atom. The van der Waals surface area contributed by atoms with E-state index in [-0.39, 0.29) is 6.54 Å². The average molecular weight is 472 g/mol. The summed E-state index contributed by atoms with van der Waals surface area (Å²) in [5.41, 5.74) is 3.15. The molecule has 0 aliphatic rings. The fraction of sp³-hybridized carbons (Fsp3) is 0.625. The molecule has 33 heavy (non-hydrogen) atoms. The van der Waals surface area contributed by atoms with Gasteiger partial charge in [0.25, 0.3) is 0 Å². The number of ether oxygens (including phenoxy) is 3. The summed E-state index contributed by atoms with van der Waals surface area (Å²) in [6.45, 7) is 27.2. The predicted molar refractivity (Wildman–Crippen MR) is 133 cm³/mol. The fourth-order valence-electron chi connectivity index (χ4n) is 1.46. The molecule has 0 aromatic carbocycles. The van der Waals surface area contributed by atoms with Gasteiger partial charge in [-0.05, 0) is 62.3 Å². The number of rotatable bonds is 5. The van der Waals surface area contributed by atoms with Crippen molar-refractivity contribution in [2.75, 3.05) is 19.6 Å². The van der Waals surface area contributed by atoms with E-state index in [1.807, 2.05) is 20.8 Å². The molecule has 0 aromatic heterocycles. The Labute approximate surface area is 200 Å². The molecule has 9 nitrogen and oxygen atoms in total. The molecule has 0 spiro atoms. The molecule has 0 aromatic rings. The Kier molecular flexibility index (Phi) is 17.7. The molecule has 0 saturated carbocycles. The Hall–Kier alpha value is -2.81. The quantitative estimate of drug-likeness (QED) is 0.419. The normalized spacial score (nSPS) is 10.6. The lowest BCUT2D eigenvalue weighted by Gasteiger charge is -2.27. The Morgan fingerprint density at radius 2 is 1.12 bits per heavy atom. The van der Waals surface area contributed by atoms with Gasteiger partial charge in [-0.25, -0.2) is 19.3 Å². The number of hydrogen-bond acceptors (Lipinski definition) is 7. The number of carbonyl (C=O) groups excluding carboxylic acids is 3. The van der Waals surface area contributed by atoms with Crippen LogP contribution < -0.4 is 11.1 Å². The minimum atomic E-state index is -0.739. The van der Waals surface area contributed by atoms with Crippen molar-refractivity contribution >= 4 is 18.3 Å². The summed E-state index contributed by atoms with van der Waals surface area (Å²) in [5.74, 6) is 0. The lowest BCUT2D eigenvalue weighted by Crippen LogP contribution is -2.43. The number of nitrogens with two attached hydrogens (primary N) is 1. The topological polar surface area (TPSA) is 120 Å². The maximum atomic E-state index is 11.8. The van der Waals surface area contributed by atoms with Gasteiger partial charge < -0.3 is 25.3 Å². The van der Waals surface area contributed by atoms with Gasteiger partial charge in [0, 0.05) is 13.1 Å². The summed E-state index contributed by atoms with van der Waals surface area (Å²) in [6.07, 6.45) is 2.81. The van der Waals surface area contributed by atoms with Crippen LogP contribution in [0.4, 0.5) is 14.4 Å². The third kappa shape index (κ3) is 27.2. The second kappa shape index (κ2) is 16.8. The molecule has 9 heteroatoms. The molecule has 0 rings (SSSR count). The van der Waals surface area contributed by atoms with Gasteiger partial charge in [-0.2, -0.15) is 0 Å². The van der Waals surface area contributed by atoms with Crippen molar-refractivity contribution in [3.8, 4) is 0 Å². The standard InChI is InChI=1S/C13H23NO4.C8H15NO2.C3H7N/c1-8-9-14(10(15)17-12(2,3)4)11(16)18-13(5,6)7;1-5-6-9-7(10)11-8(2,3)4;1-2-3-4/h8H,1,9H2,2-7H3;5H,1,6H2,2-4H3,(H,9,10);2H,1,3-4H2. The summed E-state index contributed by atoms with van der Waals surface area (Å²) in [4.78, 5) is 35.4. The van der Waals surface area contributed by atoms with E-state index in [4.69, 9.17) is 19.9 Å². The van der Waals surface area contributed by atoms with Gasteiger partial charge in [0.05, 0.1) is 6.54 Å². The van der Waals surface area contributed by atoms with E-state index in [0.29, 0.717) is 13.1 Å². The van der Waals surface area contributed by atoms with E-state index < -0.39 is 35.1 Å². The molecule has 0 heterocycles. The summed E-state index contributed by atoms with van der Waals surface area (Å²) in [6, 6.07) is 0. The third-order valence-corrected chi connectivity index (χ3v) is 2.50. The summed E-state index contributed by atoms with van der Waals surface area (Å²) in [7, 11) is 0. The molecule has 0 aliphatic carbocycles. The number of amides is 3. The third-order valence-electron chi connectivity index (χ3n) is 2.50. The number of nitrogens with zero attached hydrogens (tertiary/aromatic N) is 1. The van der Waals surface area contributed by atoms with Gasteiger partial charge in [0.1, 0.15) is 16.8 Å². The summed E-state index contributed by atoms with van der Waals surface area (Å²) < 4.78 is 15.2. The summed E-state index contributed by atoms with van der Waals surface area (Å²) >= 11 is 0. The van der Waals surface area contributed by atoms with Crippen molar-refractivity contribution in [3.05, 3.63) is 38.0 Å². The van der Waals surface area contributed by atoms with Crippen molar-refractivity contribution in [1.82, 2.24) is 10.2 Å². The molecule has 3 N–H and O–H groups in total. The van der Waals surface area contributed by atoms with Gasteiger partial charge >= 0.3 is 18.3 Å². The first-order chi connectivity index (χ1) is 14.8. The highest BCUT2D eigenvalue weighted by Crippen LogP contribution is 2.14. The number of nitrogens with one attached hydrogen (secondary N) is 1. The predicted octanol–water partition coefficient (Wildman–Crippen LogP) is 5.17. The zero-order chi connectivity index (χ0) is 26.9. The van der Waals surface area contributed by atoms with Crippen LogP contribution in [-0.4, -0.2) is 59.6 Å². The highest BCUT2D eigenvalue weighted by atomic mass is 16.6. The zero-order valence-electron chi connectivity index (χ0n) is 21.9. The lowest BCUT2D eigenvalue weighted by atomic mass is 10.2. The molecule has 0 saturated heterocycles. The maximum Gasteiger partial charge on any atom is 0.420 e. The van der Waals surface area contributed by atoms with Crippen molar-refractivity contribution in [2.24, 2.45) is 5.73 Å². The minimum absolute atomic E-state index is 0.0455. The van der Waals surface area contributed by atoms with Gasteiger partial charge in [-0.15, -0.1) is 19.7 Å². The summed E-state index contributed by atoms with van der Waals surface area (Å²) in [5, 5.41) is 2.51. The first kappa shape index (κ1) is 34.8. The number of carbonyl (C=O) groups is 3. The smallest absolute Gasteiger partial charge is 0.420 e. The van der Waals surface area contributed by atoms with Gasteiger partial charge in [-0.1, -0.05) is 18.2 Å². The van der Waals surface area contributed by atoms with Gasteiger partial charge in [0.2, 0.25) is 0 Å². The number of imide groups is 1. The lowest BCUT2D eigenvalue weighted by molar-refractivity contribution is 0.00370. The molecule has 0 atom stereocenters. The van der Waals surface area contributed by atoms with E-state index in [9.17, 15) is 14.4 Å². The van der Waals surface area contributed by atoms with E-state index in [1.54, 1.807) is 53.7 Å². The van der Waals surface area contributed by atoms with E-state index in [2.05, 4.69) is 25.1 Å². The fourth-order valence-corrected chi connectivity index (χ4v) is 1.46. The van der Waals surface area contributed by atoms with E-state index in [1.165, 1.54) is 6.08 Å². The number of alkyl carbamates (subject to hydrolysis) is 1. The van der Waals surface area contributed by atoms with Gasteiger partial charge in [-0.3, -0.25) is 0 Å². The van der Waals surface area contributed by atoms with Crippen LogP contribution in [0, 0.1) is 0 Å². The van der Waals surface area contributed by atoms with Crippen LogP contribution >= 0.6 is 0 Å². The SMILES string of the molecule is C=CCN.C=CCN(C(=O)OC(C)(C)C)C(=O)OC(C)(C)C.C=CCNC(=O)OC(C)(C)C. The molecule has 0 radical (unpaired) electrons. The number of hydrogen-bond donors (Lipinski definition) is 2. The van der Waals surface area contributed by atoms with Crippen LogP contribution in [0.15, 0.2) is 38.0 Å². The van der Waals surface area contributed by atoms with Crippen LogP contribution in [-0.2, 0) is 14.2 Å². The average Bonchev–Trinajstić information content (AvgIpc) is 2.60. The van der Waals surface area contributed by atoms with Crippen LogP contribution in [0.3, 0.4) is 0 Å². The molecular formula is C24H45N3O6. The van der Waals surface area contributed by atoms with E-state index in [0.717, 1.165) is 4.90 Å². The van der Waals surface area contributed by atoms with Crippen LogP contribution in [0.1, 0.15) is 62.3 Å². The molecule has 0 bridgehead atoms. The van der Waals surface area contributed by atoms with E-state index >= 15 is 0 Å². The highest BCUT2D eigenvalue weighted by Gasteiger charge is 2.30. The minimum Gasteiger partial charge on any atom is -0.444 e. The van der Waals surface area contributed by atoms with Crippen molar-refractivity contribution in [3.63, 3.8) is 0 Å². The monoisotopic (exact) mass is 471 g/mol. The molecular weight excluding hydrogens is 426 g/mol. The molecule has 0 unspecified atom stereocenters. The molecule has 3 amide bonds. The second-order valence-electron chi connectivity index (χ2n) is 9.56. The Bertz CT molecular complexity index is 598. The van der Waals surface area contributed by atoms with Crippen molar-refractivity contribution in [1.29, 1.82) is 0 Å². The molecule has 192 valence electrons.